The average molecular weight is 394 g/mol. The van der Waals surface area contributed by atoms with Crippen LogP contribution in [0.3, 0.4) is 0 Å². The quantitative estimate of drug-likeness (QED) is 0.841. The minimum Gasteiger partial charge on any atom is -0.382 e. The molecule has 0 fully saturated rings. The fourth-order valence-corrected chi connectivity index (χ4v) is 3.16. The summed E-state index contributed by atoms with van der Waals surface area (Å²) in [7, 11) is 0. The number of rotatable bonds is 5. The summed E-state index contributed by atoms with van der Waals surface area (Å²) in [4.78, 5) is 29.4. The average Bonchev–Trinajstić information content (AvgIpc) is 3.08. The topological polar surface area (TPSA) is 72.7 Å². The number of aromatic nitrogens is 1. The van der Waals surface area contributed by atoms with Crippen molar-refractivity contribution >= 4 is 40.5 Å². The molecule has 0 unspecified atom stereocenters. The third kappa shape index (κ3) is 4.08. The molecule has 0 bridgehead atoms. The number of halogens is 2. The number of amides is 1. The minimum absolute atomic E-state index is 0.107. The molecule has 6 nitrogen and oxygen atoms in total. The maximum absolute atomic E-state index is 12.4. The molecule has 0 saturated heterocycles. The van der Waals surface area contributed by atoms with Crippen LogP contribution >= 0.6 is 23.2 Å². The van der Waals surface area contributed by atoms with Gasteiger partial charge >= 0.3 is 0 Å². The Kier molecular flexibility index (Phi) is 5.64. The lowest BCUT2D eigenvalue weighted by atomic mass is 10.0. The second-order valence-corrected chi connectivity index (χ2v) is 6.74. The molecule has 1 aromatic heterocycles. The van der Waals surface area contributed by atoms with E-state index in [1.165, 1.54) is 6.07 Å². The highest BCUT2D eigenvalue weighted by atomic mass is 35.5. The molecule has 1 amide bonds. The zero-order valence-electron chi connectivity index (χ0n) is 14.0. The van der Waals surface area contributed by atoms with Gasteiger partial charge in [-0.05, 0) is 24.6 Å². The van der Waals surface area contributed by atoms with E-state index in [0.717, 1.165) is 6.42 Å². The van der Waals surface area contributed by atoms with Crippen LogP contribution in [0.25, 0.3) is 0 Å². The summed E-state index contributed by atoms with van der Waals surface area (Å²) in [5.74, 6) is -0.337. The number of nitrogens with one attached hydrogen (secondary N) is 1. The number of carbonyl (C=O) groups is 1. The van der Waals surface area contributed by atoms with Gasteiger partial charge < -0.3 is 14.7 Å². The number of pyridine rings is 1. The zero-order chi connectivity index (χ0) is 18.7. The van der Waals surface area contributed by atoms with Gasteiger partial charge in [-0.2, -0.15) is 0 Å². The largest absolute Gasteiger partial charge is 0.382 e. The van der Waals surface area contributed by atoms with Crippen molar-refractivity contribution in [1.29, 1.82) is 0 Å². The molecule has 2 aromatic rings. The summed E-state index contributed by atoms with van der Waals surface area (Å²) in [5.41, 5.74) is 1.69. The molecule has 136 valence electrons. The Morgan fingerprint density at radius 2 is 2.15 bits per heavy atom. The van der Waals surface area contributed by atoms with Gasteiger partial charge in [0.15, 0.2) is 0 Å². The Balaban J connectivity index is 1.67. The predicted octanol–water partition coefficient (Wildman–Crippen LogP) is 3.70. The molecule has 3 rings (SSSR count). The molecule has 1 N–H and O–H groups in total. The van der Waals surface area contributed by atoms with Gasteiger partial charge in [0.2, 0.25) is 6.10 Å². The van der Waals surface area contributed by atoms with Crippen molar-refractivity contribution in [3.8, 4) is 0 Å². The number of hydrogen-bond acceptors (Lipinski definition) is 4. The SMILES string of the molecule is CCCn1cc(NC(=O)[C@H]2CC(c3ccc(Cl)cc3Cl)=NO2)ccc1=O. The first kappa shape index (κ1) is 18.5. The lowest BCUT2D eigenvalue weighted by Crippen LogP contribution is -2.29. The summed E-state index contributed by atoms with van der Waals surface area (Å²) < 4.78 is 1.56. The molecular weight excluding hydrogens is 377 g/mol. The van der Waals surface area contributed by atoms with Crippen LogP contribution in [0.5, 0.6) is 0 Å². The number of anilines is 1. The third-order valence-electron chi connectivity index (χ3n) is 3.92. The molecular formula is C18H17Cl2N3O3. The van der Waals surface area contributed by atoms with Gasteiger partial charge in [-0.1, -0.05) is 41.3 Å². The Morgan fingerprint density at radius 3 is 2.88 bits per heavy atom. The van der Waals surface area contributed by atoms with Crippen molar-refractivity contribution < 1.29 is 9.63 Å². The van der Waals surface area contributed by atoms with Crippen LogP contribution in [0.15, 0.2) is 46.5 Å². The molecule has 2 heterocycles. The normalized spacial score (nSPS) is 16.1. The van der Waals surface area contributed by atoms with Crippen molar-refractivity contribution in [2.24, 2.45) is 5.16 Å². The third-order valence-corrected chi connectivity index (χ3v) is 4.47. The number of carbonyl (C=O) groups excluding carboxylic acids is 1. The number of benzene rings is 1. The molecule has 0 saturated carbocycles. The second-order valence-electron chi connectivity index (χ2n) is 5.90. The highest BCUT2D eigenvalue weighted by Gasteiger charge is 2.30. The van der Waals surface area contributed by atoms with Crippen LogP contribution < -0.4 is 10.9 Å². The summed E-state index contributed by atoms with van der Waals surface area (Å²) >= 11 is 12.1. The van der Waals surface area contributed by atoms with E-state index in [1.54, 1.807) is 35.0 Å². The first-order valence-electron chi connectivity index (χ1n) is 8.17. The molecule has 1 aliphatic rings. The highest BCUT2D eigenvalue weighted by molar-refractivity contribution is 6.37. The van der Waals surface area contributed by atoms with E-state index in [2.05, 4.69) is 10.5 Å². The van der Waals surface area contributed by atoms with E-state index in [0.29, 0.717) is 40.0 Å². The van der Waals surface area contributed by atoms with Crippen molar-refractivity contribution in [2.75, 3.05) is 5.32 Å². The summed E-state index contributed by atoms with van der Waals surface area (Å²) in [6.07, 6.45) is 1.98. The van der Waals surface area contributed by atoms with E-state index in [1.807, 2.05) is 6.92 Å². The van der Waals surface area contributed by atoms with E-state index < -0.39 is 6.10 Å². The fourth-order valence-electron chi connectivity index (χ4n) is 2.64. The maximum atomic E-state index is 12.4. The van der Waals surface area contributed by atoms with Crippen molar-refractivity contribution in [3.05, 3.63) is 62.5 Å². The van der Waals surface area contributed by atoms with Gasteiger partial charge in [0.25, 0.3) is 11.5 Å². The lowest BCUT2D eigenvalue weighted by Gasteiger charge is -2.11. The summed E-state index contributed by atoms with van der Waals surface area (Å²) in [6.45, 7) is 2.57. The fraction of sp³-hybridized carbons (Fsp3) is 0.278. The highest BCUT2D eigenvalue weighted by Crippen LogP contribution is 2.26. The van der Waals surface area contributed by atoms with Crippen LogP contribution in [0.2, 0.25) is 10.0 Å². The standard InChI is InChI=1S/C18H17Cl2N3O3/c1-2-7-23-10-12(4-6-17(23)24)21-18(25)16-9-15(22-26-16)13-5-3-11(19)8-14(13)20/h3-6,8,10,16H,2,7,9H2,1H3,(H,21,25)/t16-/m1/s1. The Morgan fingerprint density at radius 1 is 1.35 bits per heavy atom. The van der Waals surface area contributed by atoms with Gasteiger partial charge in [0, 0.05) is 35.8 Å². The molecule has 1 aliphatic heterocycles. The van der Waals surface area contributed by atoms with Crippen LogP contribution in [0, 0.1) is 0 Å². The monoisotopic (exact) mass is 393 g/mol. The van der Waals surface area contributed by atoms with Crippen LogP contribution in [0.1, 0.15) is 25.3 Å². The molecule has 8 heteroatoms. The van der Waals surface area contributed by atoms with Gasteiger partial charge in [-0.15, -0.1) is 0 Å². The van der Waals surface area contributed by atoms with Gasteiger partial charge in [0.1, 0.15) is 0 Å². The number of hydrogen-bond donors (Lipinski definition) is 1. The second kappa shape index (κ2) is 7.93. The Labute approximate surface area is 160 Å². The molecule has 1 aromatic carbocycles. The number of nitrogens with zero attached hydrogens (tertiary/aromatic N) is 2. The molecule has 0 spiro atoms. The lowest BCUT2D eigenvalue weighted by molar-refractivity contribution is -0.125. The zero-order valence-corrected chi connectivity index (χ0v) is 15.5. The van der Waals surface area contributed by atoms with E-state index >= 15 is 0 Å². The molecule has 0 radical (unpaired) electrons. The molecule has 26 heavy (non-hydrogen) atoms. The van der Waals surface area contributed by atoms with Gasteiger partial charge in [-0.25, -0.2) is 0 Å². The van der Waals surface area contributed by atoms with Crippen molar-refractivity contribution in [3.63, 3.8) is 0 Å². The van der Waals surface area contributed by atoms with Crippen molar-refractivity contribution in [1.82, 2.24) is 4.57 Å². The summed E-state index contributed by atoms with van der Waals surface area (Å²) in [5, 5.41) is 7.70. The first-order chi connectivity index (χ1) is 12.5. The van der Waals surface area contributed by atoms with Crippen LogP contribution in [-0.4, -0.2) is 22.3 Å². The molecule has 0 aliphatic carbocycles. The molecule has 1 atom stereocenters. The van der Waals surface area contributed by atoms with E-state index in [-0.39, 0.29) is 11.5 Å². The Bertz CT molecular complexity index is 924. The van der Waals surface area contributed by atoms with Gasteiger partial charge in [-0.3, -0.25) is 9.59 Å². The predicted molar refractivity (Wildman–Crippen MR) is 102 cm³/mol. The first-order valence-corrected chi connectivity index (χ1v) is 8.93. The van der Waals surface area contributed by atoms with Crippen molar-refractivity contribution in [2.45, 2.75) is 32.4 Å². The van der Waals surface area contributed by atoms with Gasteiger partial charge in [0.05, 0.1) is 16.4 Å². The summed E-state index contributed by atoms with van der Waals surface area (Å²) in [6, 6.07) is 8.06. The smallest absolute Gasteiger partial charge is 0.268 e. The number of aryl methyl sites for hydroxylation is 1. The maximum Gasteiger partial charge on any atom is 0.268 e. The van der Waals surface area contributed by atoms with E-state index in [4.69, 9.17) is 28.0 Å². The van der Waals surface area contributed by atoms with E-state index in [9.17, 15) is 9.59 Å². The minimum atomic E-state index is -0.761. The van der Waals surface area contributed by atoms with Crippen LogP contribution in [-0.2, 0) is 16.2 Å². The number of oxime groups is 1. The Hall–Kier alpha value is -2.31. The van der Waals surface area contributed by atoms with Crippen LogP contribution in [0.4, 0.5) is 5.69 Å².